The van der Waals surface area contributed by atoms with E-state index in [0.717, 1.165) is 12.8 Å². The second-order valence-electron chi connectivity index (χ2n) is 5.73. The number of carbonyl (C=O) groups is 1. The molecule has 1 aromatic heterocycles. The maximum atomic E-state index is 12.3. The van der Waals surface area contributed by atoms with Gasteiger partial charge in [-0.15, -0.1) is 0 Å². The first-order chi connectivity index (χ1) is 11.2. The number of anilines is 2. The lowest BCUT2D eigenvalue weighted by Gasteiger charge is -2.23. The Morgan fingerprint density at radius 1 is 1.13 bits per heavy atom. The van der Waals surface area contributed by atoms with Crippen LogP contribution in [0.25, 0.3) is 0 Å². The number of hydrogen-bond donors (Lipinski definition) is 2. The number of halogens is 1. The zero-order valence-electron chi connectivity index (χ0n) is 12.8. The third kappa shape index (κ3) is 4.42. The Hall–Kier alpha value is -2.14. The number of rotatable bonds is 4. The van der Waals surface area contributed by atoms with Gasteiger partial charge in [-0.25, -0.2) is 9.97 Å². The Morgan fingerprint density at radius 3 is 2.74 bits per heavy atom. The monoisotopic (exact) mass is 330 g/mol. The molecule has 1 heterocycles. The molecule has 1 fully saturated rings. The van der Waals surface area contributed by atoms with Crippen molar-refractivity contribution in [3.8, 4) is 0 Å². The van der Waals surface area contributed by atoms with Crippen molar-refractivity contribution in [2.24, 2.45) is 0 Å². The topological polar surface area (TPSA) is 66.9 Å². The molecular weight excluding hydrogens is 312 g/mol. The highest BCUT2D eigenvalue weighted by molar-refractivity contribution is 6.30. The van der Waals surface area contributed by atoms with Crippen molar-refractivity contribution in [2.45, 2.75) is 38.1 Å². The van der Waals surface area contributed by atoms with Gasteiger partial charge in [-0.2, -0.15) is 0 Å². The van der Waals surface area contributed by atoms with E-state index in [9.17, 15) is 4.79 Å². The van der Waals surface area contributed by atoms with Gasteiger partial charge in [0.05, 0.1) is 0 Å². The van der Waals surface area contributed by atoms with E-state index in [2.05, 4.69) is 20.6 Å². The molecule has 0 spiro atoms. The maximum absolute atomic E-state index is 12.3. The van der Waals surface area contributed by atoms with E-state index in [1.807, 2.05) is 0 Å². The van der Waals surface area contributed by atoms with E-state index >= 15 is 0 Å². The van der Waals surface area contributed by atoms with Gasteiger partial charge in [-0.05, 0) is 31.0 Å². The molecule has 2 aromatic rings. The van der Waals surface area contributed by atoms with Gasteiger partial charge < -0.3 is 10.6 Å². The van der Waals surface area contributed by atoms with Crippen molar-refractivity contribution in [1.29, 1.82) is 0 Å². The summed E-state index contributed by atoms with van der Waals surface area (Å²) in [6.07, 6.45) is 7.49. The van der Waals surface area contributed by atoms with Crippen LogP contribution >= 0.6 is 11.6 Å². The molecular formula is C17H19ClN4O. The van der Waals surface area contributed by atoms with Crippen molar-refractivity contribution in [3.63, 3.8) is 0 Å². The van der Waals surface area contributed by atoms with Gasteiger partial charge in [-0.1, -0.05) is 36.9 Å². The minimum atomic E-state index is -0.277. The second-order valence-corrected chi connectivity index (χ2v) is 6.17. The molecule has 0 radical (unpaired) electrons. The highest BCUT2D eigenvalue weighted by atomic mass is 35.5. The van der Waals surface area contributed by atoms with Crippen LogP contribution in [-0.4, -0.2) is 21.9 Å². The lowest BCUT2D eigenvalue weighted by Crippen LogP contribution is -2.23. The second kappa shape index (κ2) is 7.42. The molecule has 0 unspecified atom stereocenters. The van der Waals surface area contributed by atoms with Crippen LogP contribution in [0.5, 0.6) is 0 Å². The zero-order valence-corrected chi connectivity index (χ0v) is 13.5. The third-order valence-corrected chi connectivity index (χ3v) is 4.17. The highest BCUT2D eigenvalue weighted by Crippen LogP contribution is 2.21. The quantitative estimate of drug-likeness (QED) is 0.884. The van der Waals surface area contributed by atoms with Crippen molar-refractivity contribution in [2.75, 3.05) is 10.6 Å². The molecule has 0 saturated heterocycles. The molecule has 1 aromatic carbocycles. The fourth-order valence-corrected chi connectivity index (χ4v) is 2.97. The predicted molar refractivity (Wildman–Crippen MR) is 91.9 cm³/mol. The van der Waals surface area contributed by atoms with Crippen LogP contribution < -0.4 is 10.6 Å². The lowest BCUT2D eigenvalue weighted by atomic mass is 9.95. The summed E-state index contributed by atoms with van der Waals surface area (Å²) in [5, 5.41) is 6.76. The van der Waals surface area contributed by atoms with E-state index in [1.54, 1.807) is 30.3 Å². The Morgan fingerprint density at radius 2 is 1.96 bits per heavy atom. The normalized spacial score (nSPS) is 15.2. The van der Waals surface area contributed by atoms with Gasteiger partial charge in [0.2, 0.25) is 0 Å². The van der Waals surface area contributed by atoms with Gasteiger partial charge in [0.15, 0.2) is 0 Å². The van der Waals surface area contributed by atoms with Crippen LogP contribution in [0.2, 0.25) is 5.02 Å². The fourth-order valence-electron chi connectivity index (χ4n) is 2.78. The van der Waals surface area contributed by atoms with Crippen LogP contribution in [0, 0.1) is 0 Å². The molecule has 120 valence electrons. The van der Waals surface area contributed by atoms with Crippen LogP contribution in [0.15, 0.2) is 36.7 Å². The van der Waals surface area contributed by atoms with Crippen molar-refractivity contribution in [3.05, 3.63) is 47.4 Å². The van der Waals surface area contributed by atoms with E-state index in [1.165, 1.54) is 25.6 Å². The van der Waals surface area contributed by atoms with Gasteiger partial charge >= 0.3 is 0 Å². The van der Waals surface area contributed by atoms with Crippen molar-refractivity contribution >= 4 is 29.0 Å². The SMILES string of the molecule is O=C(Nc1cccc(Cl)c1)c1cc(NC2CCCCC2)ncn1. The predicted octanol–water partition coefficient (Wildman–Crippen LogP) is 4.13. The van der Waals surface area contributed by atoms with E-state index in [4.69, 9.17) is 11.6 Å². The smallest absolute Gasteiger partial charge is 0.274 e. The number of benzene rings is 1. The van der Waals surface area contributed by atoms with Gasteiger partial charge in [0.25, 0.3) is 5.91 Å². The summed E-state index contributed by atoms with van der Waals surface area (Å²) in [5.74, 6) is 0.421. The maximum Gasteiger partial charge on any atom is 0.274 e. The molecule has 2 N–H and O–H groups in total. The van der Waals surface area contributed by atoms with E-state index in [0.29, 0.717) is 28.3 Å². The molecule has 3 rings (SSSR count). The summed E-state index contributed by atoms with van der Waals surface area (Å²) < 4.78 is 0. The Balaban J connectivity index is 1.67. The molecule has 0 bridgehead atoms. The third-order valence-electron chi connectivity index (χ3n) is 3.94. The van der Waals surface area contributed by atoms with Crippen LogP contribution in [-0.2, 0) is 0 Å². The first-order valence-electron chi connectivity index (χ1n) is 7.86. The minimum absolute atomic E-state index is 0.277. The number of amides is 1. The van der Waals surface area contributed by atoms with Gasteiger partial charge in [-0.3, -0.25) is 4.79 Å². The number of nitrogens with zero attached hydrogens (tertiary/aromatic N) is 2. The lowest BCUT2D eigenvalue weighted by molar-refractivity contribution is 0.102. The Kier molecular flexibility index (Phi) is 5.08. The molecule has 5 nitrogen and oxygen atoms in total. The van der Waals surface area contributed by atoms with Crippen LogP contribution in [0.3, 0.4) is 0 Å². The summed E-state index contributed by atoms with van der Waals surface area (Å²) in [7, 11) is 0. The fraction of sp³-hybridized carbons (Fsp3) is 0.353. The molecule has 23 heavy (non-hydrogen) atoms. The zero-order chi connectivity index (χ0) is 16.1. The first kappa shape index (κ1) is 15.7. The molecule has 6 heteroatoms. The average molecular weight is 331 g/mol. The minimum Gasteiger partial charge on any atom is -0.367 e. The van der Waals surface area contributed by atoms with E-state index < -0.39 is 0 Å². The Bertz CT molecular complexity index is 686. The van der Waals surface area contributed by atoms with Gasteiger partial charge in [0.1, 0.15) is 17.8 Å². The number of aromatic nitrogens is 2. The molecule has 1 saturated carbocycles. The molecule has 1 aliphatic carbocycles. The number of nitrogens with one attached hydrogen (secondary N) is 2. The summed E-state index contributed by atoms with van der Waals surface area (Å²) in [4.78, 5) is 20.6. The molecule has 0 aliphatic heterocycles. The average Bonchev–Trinajstić information content (AvgIpc) is 2.56. The summed E-state index contributed by atoms with van der Waals surface area (Å²) in [6.45, 7) is 0. The van der Waals surface area contributed by atoms with Gasteiger partial charge in [0, 0.05) is 22.8 Å². The highest BCUT2D eigenvalue weighted by Gasteiger charge is 2.15. The van der Waals surface area contributed by atoms with Crippen LogP contribution in [0.4, 0.5) is 11.5 Å². The largest absolute Gasteiger partial charge is 0.367 e. The molecule has 1 amide bonds. The summed E-state index contributed by atoms with van der Waals surface area (Å²) >= 11 is 5.92. The van der Waals surface area contributed by atoms with E-state index in [-0.39, 0.29) is 5.91 Å². The summed E-state index contributed by atoms with van der Waals surface area (Å²) in [5.41, 5.74) is 0.973. The number of carbonyl (C=O) groups excluding carboxylic acids is 1. The van der Waals surface area contributed by atoms with Crippen LogP contribution in [0.1, 0.15) is 42.6 Å². The summed E-state index contributed by atoms with van der Waals surface area (Å²) in [6, 6.07) is 9.15. The first-order valence-corrected chi connectivity index (χ1v) is 8.24. The van der Waals surface area contributed by atoms with Crippen molar-refractivity contribution in [1.82, 2.24) is 9.97 Å². The van der Waals surface area contributed by atoms with Crippen molar-refractivity contribution < 1.29 is 4.79 Å². The Labute approximate surface area is 140 Å². The standard InChI is InChI=1S/C17H19ClN4O/c18-12-5-4-8-14(9-12)22-17(23)15-10-16(20-11-19-15)21-13-6-2-1-3-7-13/h4-5,8-11,13H,1-3,6-7H2,(H,22,23)(H,19,20,21). The number of hydrogen-bond acceptors (Lipinski definition) is 4. The molecule has 0 atom stereocenters. The molecule has 1 aliphatic rings.